The fraction of sp³-hybridized carbons (Fsp3) is 0. The Morgan fingerprint density at radius 1 is 0.340 bits per heavy atom. The minimum atomic E-state index is 0.605. The maximum Gasteiger partial charge on any atom is 0.164 e. The van der Waals surface area contributed by atoms with Crippen molar-refractivity contribution in [3.8, 4) is 56.4 Å². The molecule has 0 aliphatic carbocycles. The zero-order valence-electron chi connectivity index (χ0n) is 25.3. The number of rotatable bonds is 5. The molecule has 0 unspecified atom stereocenters. The maximum absolute atomic E-state index is 6.21. The zero-order chi connectivity index (χ0) is 31.2. The molecular formula is C43H27N3O. The summed E-state index contributed by atoms with van der Waals surface area (Å²) in [5, 5.41) is 4.45. The van der Waals surface area contributed by atoms with Crippen LogP contribution in [-0.2, 0) is 0 Å². The third kappa shape index (κ3) is 4.75. The molecule has 0 bridgehead atoms. The van der Waals surface area contributed by atoms with E-state index in [0.717, 1.165) is 49.8 Å². The smallest absolute Gasteiger partial charge is 0.164 e. The summed E-state index contributed by atoms with van der Waals surface area (Å²) in [5.41, 5.74) is 9.06. The van der Waals surface area contributed by atoms with Gasteiger partial charge in [-0.25, -0.2) is 15.0 Å². The van der Waals surface area contributed by atoms with Crippen molar-refractivity contribution in [2.45, 2.75) is 0 Å². The van der Waals surface area contributed by atoms with Gasteiger partial charge in [0.05, 0.1) is 0 Å². The summed E-state index contributed by atoms with van der Waals surface area (Å²) in [7, 11) is 0. The van der Waals surface area contributed by atoms with Gasteiger partial charge in [0.2, 0.25) is 0 Å². The number of nitrogens with zero attached hydrogens (tertiary/aromatic N) is 3. The molecule has 0 fully saturated rings. The van der Waals surface area contributed by atoms with Crippen molar-refractivity contribution < 1.29 is 4.42 Å². The Bertz CT molecular complexity index is 2570. The van der Waals surface area contributed by atoms with Crippen LogP contribution >= 0.6 is 0 Å². The molecule has 4 heteroatoms. The Kier molecular flexibility index (Phi) is 6.43. The molecule has 9 aromatic rings. The molecule has 7 aromatic carbocycles. The number of furan rings is 1. The van der Waals surface area contributed by atoms with Crippen molar-refractivity contribution in [2.24, 2.45) is 0 Å². The average molecular weight is 602 g/mol. The lowest BCUT2D eigenvalue weighted by Gasteiger charge is -2.14. The first-order chi connectivity index (χ1) is 23.3. The van der Waals surface area contributed by atoms with Gasteiger partial charge in [-0.15, -0.1) is 0 Å². The van der Waals surface area contributed by atoms with Crippen LogP contribution in [0.15, 0.2) is 168 Å². The minimum absolute atomic E-state index is 0.605. The van der Waals surface area contributed by atoms with E-state index in [-0.39, 0.29) is 0 Å². The maximum atomic E-state index is 6.21. The van der Waals surface area contributed by atoms with E-state index in [1.165, 1.54) is 21.9 Å². The van der Waals surface area contributed by atoms with Crippen LogP contribution in [0.5, 0.6) is 0 Å². The van der Waals surface area contributed by atoms with Gasteiger partial charge in [0.15, 0.2) is 17.5 Å². The number of hydrogen-bond donors (Lipinski definition) is 0. The summed E-state index contributed by atoms with van der Waals surface area (Å²) in [4.78, 5) is 15.2. The molecule has 2 heterocycles. The van der Waals surface area contributed by atoms with Gasteiger partial charge < -0.3 is 4.42 Å². The minimum Gasteiger partial charge on any atom is -0.456 e. The van der Waals surface area contributed by atoms with Crippen LogP contribution in [0.25, 0.3) is 89.1 Å². The highest BCUT2D eigenvalue weighted by molar-refractivity contribution is 6.12. The third-order valence-corrected chi connectivity index (χ3v) is 8.73. The van der Waals surface area contributed by atoms with E-state index in [4.69, 9.17) is 19.4 Å². The van der Waals surface area contributed by atoms with Crippen LogP contribution < -0.4 is 0 Å². The molecule has 9 rings (SSSR count). The molecule has 0 N–H and O–H groups in total. The van der Waals surface area contributed by atoms with Crippen molar-refractivity contribution in [2.75, 3.05) is 0 Å². The van der Waals surface area contributed by atoms with Gasteiger partial charge >= 0.3 is 0 Å². The second-order valence-corrected chi connectivity index (χ2v) is 11.6. The second-order valence-electron chi connectivity index (χ2n) is 11.6. The zero-order valence-corrected chi connectivity index (χ0v) is 25.3. The number of fused-ring (bicyclic) bond motifs is 4. The molecule has 0 aliphatic heterocycles. The first-order valence-electron chi connectivity index (χ1n) is 15.7. The average Bonchev–Trinajstić information content (AvgIpc) is 3.54. The van der Waals surface area contributed by atoms with Crippen LogP contribution in [0.3, 0.4) is 0 Å². The number of benzene rings is 7. The lowest BCUT2D eigenvalue weighted by molar-refractivity contribution is 0.669. The Morgan fingerprint density at radius 3 is 1.66 bits per heavy atom. The van der Waals surface area contributed by atoms with E-state index >= 15 is 0 Å². The standard InChI is InChI=1S/C43H27N3O/c1-3-13-28(14-4-1)33-22-10-17-29-18-11-23-34(39(29)33)31-19-9-20-32(27-31)42-44-41(30-15-5-2-6-16-30)45-43(46-42)36-24-12-26-38-40(36)35-21-7-8-25-37(35)47-38/h1-27H. The predicted molar refractivity (Wildman–Crippen MR) is 192 cm³/mol. The Morgan fingerprint density at radius 2 is 0.872 bits per heavy atom. The lowest BCUT2D eigenvalue weighted by atomic mass is 9.91. The molecule has 0 aliphatic rings. The van der Waals surface area contributed by atoms with Crippen LogP contribution in [0.1, 0.15) is 0 Å². The summed E-state index contributed by atoms with van der Waals surface area (Å²) in [6.07, 6.45) is 0. The quantitative estimate of drug-likeness (QED) is 0.197. The lowest BCUT2D eigenvalue weighted by Crippen LogP contribution is -2.00. The Labute approximate surface area is 271 Å². The van der Waals surface area contributed by atoms with Gasteiger partial charge in [-0.1, -0.05) is 146 Å². The number of para-hydroxylation sites is 1. The largest absolute Gasteiger partial charge is 0.456 e. The van der Waals surface area contributed by atoms with E-state index in [1.54, 1.807) is 0 Å². The molecule has 0 radical (unpaired) electrons. The first kappa shape index (κ1) is 27.0. The fourth-order valence-corrected chi connectivity index (χ4v) is 6.57. The Hall–Kier alpha value is -6.39. The van der Waals surface area contributed by atoms with Crippen LogP contribution in [0.4, 0.5) is 0 Å². The van der Waals surface area contributed by atoms with E-state index < -0.39 is 0 Å². The molecule has 220 valence electrons. The SMILES string of the molecule is c1ccc(-c2nc(-c3cccc(-c4cccc5cccc(-c6ccccc6)c45)c3)nc(-c3cccc4oc5ccccc5c34)n2)cc1. The topological polar surface area (TPSA) is 51.8 Å². The van der Waals surface area contributed by atoms with Crippen molar-refractivity contribution in [1.82, 2.24) is 15.0 Å². The van der Waals surface area contributed by atoms with Crippen molar-refractivity contribution in [3.05, 3.63) is 164 Å². The predicted octanol–water partition coefficient (Wildman–Crippen LogP) is 11.3. The van der Waals surface area contributed by atoms with E-state index in [9.17, 15) is 0 Å². The molecule has 0 spiro atoms. The highest BCUT2D eigenvalue weighted by atomic mass is 16.3. The molecule has 4 nitrogen and oxygen atoms in total. The van der Waals surface area contributed by atoms with Crippen molar-refractivity contribution >= 4 is 32.7 Å². The van der Waals surface area contributed by atoms with E-state index in [1.807, 2.05) is 60.7 Å². The number of aromatic nitrogens is 3. The summed E-state index contributed by atoms with van der Waals surface area (Å²) in [6, 6.07) is 56.4. The van der Waals surface area contributed by atoms with E-state index in [2.05, 4.69) is 103 Å². The van der Waals surface area contributed by atoms with Gasteiger partial charge in [-0.05, 0) is 51.2 Å². The molecule has 0 saturated heterocycles. The second kappa shape index (κ2) is 11.2. The first-order valence-corrected chi connectivity index (χ1v) is 15.7. The summed E-state index contributed by atoms with van der Waals surface area (Å²) in [6.45, 7) is 0. The van der Waals surface area contributed by atoms with Crippen molar-refractivity contribution in [3.63, 3.8) is 0 Å². The van der Waals surface area contributed by atoms with Gasteiger partial charge in [-0.2, -0.15) is 0 Å². The highest BCUT2D eigenvalue weighted by Crippen LogP contribution is 2.39. The molecule has 2 aromatic heterocycles. The summed E-state index contributed by atoms with van der Waals surface area (Å²) in [5.74, 6) is 1.84. The number of hydrogen-bond acceptors (Lipinski definition) is 4. The highest BCUT2D eigenvalue weighted by Gasteiger charge is 2.18. The Balaban J connectivity index is 1.25. The third-order valence-electron chi connectivity index (χ3n) is 8.73. The van der Waals surface area contributed by atoms with E-state index in [0.29, 0.717) is 17.5 Å². The van der Waals surface area contributed by atoms with Crippen LogP contribution in [0.2, 0.25) is 0 Å². The fourth-order valence-electron chi connectivity index (χ4n) is 6.57. The van der Waals surface area contributed by atoms with Crippen LogP contribution in [0, 0.1) is 0 Å². The monoisotopic (exact) mass is 601 g/mol. The molecule has 0 saturated carbocycles. The van der Waals surface area contributed by atoms with Crippen molar-refractivity contribution in [1.29, 1.82) is 0 Å². The normalized spacial score (nSPS) is 11.4. The molecule has 0 atom stereocenters. The van der Waals surface area contributed by atoms with Gasteiger partial charge in [0, 0.05) is 27.5 Å². The van der Waals surface area contributed by atoms with Gasteiger partial charge in [-0.3, -0.25) is 0 Å². The van der Waals surface area contributed by atoms with Gasteiger partial charge in [0.1, 0.15) is 11.2 Å². The molecular weight excluding hydrogens is 574 g/mol. The van der Waals surface area contributed by atoms with Crippen LogP contribution in [-0.4, -0.2) is 15.0 Å². The van der Waals surface area contributed by atoms with Gasteiger partial charge in [0.25, 0.3) is 0 Å². The molecule has 47 heavy (non-hydrogen) atoms. The summed E-state index contributed by atoms with van der Waals surface area (Å²) < 4.78 is 6.21. The summed E-state index contributed by atoms with van der Waals surface area (Å²) >= 11 is 0. The molecule has 0 amide bonds.